The molecule has 1 heteroatoms. The second-order valence-electron chi connectivity index (χ2n) is 5.50. The first-order valence-corrected chi connectivity index (χ1v) is 6.25. The van der Waals surface area contributed by atoms with Gasteiger partial charge in [-0.05, 0) is 53.2 Å². The minimum Gasteiger partial charge on any atom is -0.207 e. The highest BCUT2D eigenvalue weighted by atomic mass is 19.1. The van der Waals surface area contributed by atoms with E-state index in [0.29, 0.717) is 0 Å². The largest absolute Gasteiger partial charge is 0.207 e. The monoisotopic (exact) mass is 242 g/mol. The van der Waals surface area contributed by atoms with Crippen molar-refractivity contribution in [3.05, 3.63) is 65.5 Å². The molecular weight excluding hydrogens is 223 g/mol. The molecule has 1 aromatic rings. The second-order valence-corrected chi connectivity index (χ2v) is 5.50. The summed E-state index contributed by atoms with van der Waals surface area (Å²) in [6.07, 6.45) is 6.78. The van der Waals surface area contributed by atoms with Crippen LogP contribution in [0.3, 0.4) is 0 Å². The highest BCUT2D eigenvalue weighted by Gasteiger charge is 2.30. The maximum atomic E-state index is 13.4. The molecule has 0 saturated heterocycles. The summed E-state index contributed by atoms with van der Waals surface area (Å²) in [4.78, 5) is 0. The predicted molar refractivity (Wildman–Crippen MR) is 76.0 cm³/mol. The Labute approximate surface area is 109 Å². The van der Waals surface area contributed by atoms with Crippen LogP contribution in [0.25, 0.3) is 5.57 Å². The molecule has 0 N–H and O–H groups in total. The molecule has 1 aliphatic rings. The Hall–Kier alpha value is -1.63. The lowest BCUT2D eigenvalue weighted by Gasteiger charge is -2.34. The van der Waals surface area contributed by atoms with Crippen LogP contribution in [0.1, 0.15) is 38.3 Å². The average molecular weight is 242 g/mol. The summed E-state index contributed by atoms with van der Waals surface area (Å²) in [5.41, 5.74) is 4.78. The smallest absolute Gasteiger partial charge is 0.123 e. The van der Waals surface area contributed by atoms with E-state index < -0.39 is 0 Å². The molecule has 2 rings (SSSR count). The molecule has 0 aromatic heterocycles. The van der Waals surface area contributed by atoms with Crippen molar-refractivity contribution in [2.45, 2.75) is 32.6 Å². The maximum absolute atomic E-state index is 13.4. The molecule has 0 heterocycles. The highest BCUT2D eigenvalue weighted by Crippen LogP contribution is 2.42. The Bertz CT molecular complexity index is 545. The van der Waals surface area contributed by atoms with Crippen molar-refractivity contribution in [1.82, 2.24) is 0 Å². The molecule has 0 radical (unpaired) electrons. The second kappa shape index (κ2) is 4.56. The molecule has 0 spiro atoms. The number of hydrogen-bond acceptors (Lipinski definition) is 0. The molecule has 0 fully saturated rings. The minimum atomic E-state index is -0.153. The maximum Gasteiger partial charge on any atom is 0.123 e. The Balaban J connectivity index is 2.62. The highest BCUT2D eigenvalue weighted by molar-refractivity contribution is 5.75. The zero-order valence-electron chi connectivity index (χ0n) is 11.3. The van der Waals surface area contributed by atoms with Crippen molar-refractivity contribution >= 4 is 5.57 Å². The van der Waals surface area contributed by atoms with E-state index in [9.17, 15) is 4.39 Å². The van der Waals surface area contributed by atoms with Gasteiger partial charge in [0.15, 0.2) is 0 Å². The standard InChI is InChI=1S/C17H19F/c1-5-6-7-13-11-17(3,4)16-10-14(18)8-9-15(16)12(13)2/h5-10H,1,11H2,2-4H3/b7-6-. The molecule has 94 valence electrons. The van der Waals surface area contributed by atoms with Crippen molar-refractivity contribution in [3.63, 3.8) is 0 Å². The number of fused-ring (bicyclic) bond motifs is 1. The zero-order valence-corrected chi connectivity index (χ0v) is 11.3. The first-order chi connectivity index (χ1) is 8.45. The van der Waals surface area contributed by atoms with Crippen LogP contribution in [0.15, 0.2) is 48.6 Å². The molecule has 0 amide bonds. The molecule has 18 heavy (non-hydrogen) atoms. The summed E-state index contributed by atoms with van der Waals surface area (Å²) in [7, 11) is 0. The van der Waals surface area contributed by atoms with E-state index in [-0.39, 0.29) is 11.2 Å². The van der Waals surface area contributed by atoms with Gasteiger partial charge in [-0.3, -0.25) is 0 Å². The van der Waals surface area contributed by atoms with Crippen molar-refractivity contribution in [2.24, 2.45) is 0 Å². The van der Waals surface area contributed by atoms with E-state index in [4.69, 9.17) is 0 Å². The molecule has 0 aliphatic heterocycles. The van der Waals surface area contributed by atoms with Crippen LogP contribution < -0.4 is 0 Å². The van der Waals surface area contributed by atoms with Crippen molar-refractivity contribution in [1.29, 1.82) is 0 Å². The Morgan fingerprint density at radius 3 is 2.72 bits per heavy atom. The fourth-order valence-electron chi connectivity index (χ4n) is 2.65. The van der Waals surface area contributed by atoms with Crippen LogP contribution in [0.5, 0.6) is 0 Å². The van der Waals surface area contributed by atoms with Gasteiger partial charge in [-0.1, -0.05) is 44.7 Å². The first kappa shape index (κ1) is 12.8. The summed E-state index contributed by atoms with van der Waals surface area (Å²) in [5, 5.41) is 0. The van der Waals surface area contributed by atoms with Crippen LogP contribution in [0.2, 0.25) is 0 Å². The number of allylic oxidation sites excluding steroid dienone is 5. The lowest BCUT2D eigenvalue weighted by atomic mass is 9.70. The van der Waals surface area contributed by atoms with Crippen LogP contribution >= 0.6 is 0 Å². The normalized spacial score (nSPS) is 18.0. The van der Waals surface area contributed by atoms with E-state index in [0.717, 1.165) is 17.5 Å². The van der Waals surface area contributed by atoms with Gasteiger partial charge >= 0.3 is 0 Å². The molecule has 0 unspecified atom stereocenters. The molecule has 0 atom stereocenters. The van der Waals surface area contributed by atoms with Gasteiger partial charge in [-0.25, -0.2) is 4.39 Å². The van der Waals surface area contributed by atoms with Crippen molar-refractivity contribution in [2.75, 3.05) is 0 Å². The Morgan fingerprint density at radius 2 is 2.06 bits per heavy atom. The van der Waals surface area contributed by atoms with Crippen molar-refractivity contribution < 1.29 is 4.39 Å². The fourth-order valence-corrected chi connectivity index (χ4v) is 2.65. The van der Waals surface area contributed by atoms with E-state index in [1.807, 2.05) is 12.1 Å². The number of hydrogen-bond donors (Lipinski definition) is 0. The van der Waals surface area contributed by atoms with Gasteiger partial charge in [-0.2, -0.15) is 0 Å². The third-order valence-corrected chi connectivity index (χ3v) is 3.66. The molecule has 0 bridgehead atoms. The fraction of sp³-hybridized carbons (Fsp3) is 0.294. The summed E-state index contributed by atoms with van der Waals surface area (Å²) in [6.45, 7) is 10.1. The van der Waals surface area contributed by atoms with Gasteiger partial charge in [0.2, 0.25) is 0 Å². The summed E-state index contributed by atoms with van der Waals surface area (Å²) >= 11 is 0. The molecule has 1 aliphatic carbocycles. The zero-order chi connectivity index (χ0) is 13.3. The van der Waals surface area contributed by atoms with Gasteiger partial charge in [0.25, 0.3) is 0 Å². The molecule has 1 aromatic carbocycles. The van der Waals surface area contributed by atoms with Gasteiger partial charge in [0.05, 0.1) is 0 Å². The van der Waals surface area contributed by atoms with Gasteiger partial charge in [0, 0.05) is 0 Å². The van der Waals surface area contributed by atoms with E-state index in [2.05, 4.69) is 33.4 Å². The summed E-state index contributed by atoms with van der Waals surface area (Å²) in [5.74, 6) is -0.153. The third-order valence-electron chi connectivity index (χ3n) is 3.66. The minimum absolute atomic E-state index is 0.0300. The number of rotatable bonds is 2. The van der Waals surface area contributed by atoms with Gasteiger partial charge in [-0.15, -0.1) is 0 Å². The molecule has 0 saturated carbocycles. The topological polar surface area (TPSA) is 0 Å². The third kappa shape index (κ3) is 2.17. The average Bonchev–Trinajstić information content (AvgIpc) is 2.32. The quantitative estimate of drug-likeness (QED) is 0.638. The van der Waals surface area contributed by atoms with Gasteiger partial charge < -0.3 is 0 Å². The number of halogens is 1. The number of benzene rings is 1. The van der Waals surface area contributed by atoms with Crippen LogP contribution in [-0.2, 0) is 5.41 Å². The predicted octanol–water partition coefficient (Wildman–Crippen LogP) is 5.02. The lowest BCUT2D eigenvalue weighted by molar-refractivity contribution is 0.509. The van der Waals surface area contributed by atoms with E-state index >= 15 is 0 Å². The van der Waals surface area contributed by atoms with Crippen molar-refractivity contribution in [3.8, 4) is 0 Å². The summed E-state index contributed by atoms with van der Waals surface area (Å²) in [6, 6.07) is 5.11. The Morgan fingerprint density at radius 1 is 1.33 bits per heavy atom. The first-order valence-electron chi connectivity index (χ1n) is 6.25. The van der Waals surface area contributed by atoms with Crippen LogP contribution in [-0.4, -0.2) is 0 Å². The SMILES string of the molecule is C=C/C=C\C1=C(C)c2ccc(F)cc2C(C)(C)C1. The summed E-state index contributed by atoms with van der Waals surface area (Å²) < 4.78 is 13.4. The molecule has 0 nitrogen and oxygen atoms in total. The molecular formula is C17H19F. The lowest BCUT2D eigenvalue weighted by Crippen LogP contribution is -2.23. The van der Waals surface area contributed by atoms with E-state index in [1.165, 1.54) is 11.1 Å². The van der Waals surface area contributed by atoms with E-state index in [1.54, 1.807) is 18.2 Å². The van der Waals surface area contributed by atoms with Crippen LogP contribution in [0, 0.1) is 5.82 Å². The Kier molecular flexibility index (Phi) is 3.25. The van der Waals surface area contributed by atoms with Gasteiger partial charge in [0.1, 0.15) is 5.82 Å². The van der Waals surface area contributed by atoms with Crippen LogP contribution in [0.4, 0.5) is 4.39 Å².